The van der Waals surface area contributed by atoms with Crippen molar-refractivity contribution in [1.82, 2.24) is 4.98 Å². The molecule has 1 amide bonds. The van der Waals surface area contributed by atoms with Gasteiger partial charge in [0.1, 0.15) is 0 Å². The fraction of sp³-hybridized carbons (Fsp3) is 0.400. The molecule has 1 aromatic rings. The summed E-state index contributed by atoms with van der Waals surface area (Å²) in [5.74, 6) is -1.06. The van der Waals surface area contributed by atoms with E-state index in [1.54, 1.807) is 4.90 Å². The van der Waals surface area contributed by atoms with E-state index in [0.717, 1.165) is 6.20 Å². The number of carbonyl (C=O) groups is 1. The first kappa shape index (κ1) is 11.1. The van der Waals surface area contributed by atoms with Gasteiger partial charge >= 0.3 is 0 Å². The predicted molar refractivity (Wildman–Crippen MR) is 58.7 cm³/mol. The molecule has 2 N–H and O–H groups in total. The van der Waals surface area contributed by atoms with E-state index in [1.807, 2.05) is 0 Å². The molecular weight excluding hydrogens is 233 g/mol. The van der Waals surface area contributed by atoms with Crippen LogP contribution in [0.3, 0.4) is 0 Å². The third-order valence-electron chi connectivity index (χ3n) is 2.74. The minimum Gasteiger partial charge on any atom is -0.369 e. The SMILES string of the molecule is NC(=O)C1CCN(c2c(F)cncc2Cl)C1. The average Bonchev–Trinajstić information content (AvgIpc) is 2.66. The topological polar surface area (TPSA) is 59.2 Å². The van der Waals surface area contributed by atoms with Crippen molar-refractivity contribution in [3.8, 4) is 0 Å². The van der Waals surface area contributed by atoms with Crippen LogP contribution in [0.25, 0.3) is 0 Å². The summed E-state index contributed by atoms with van der Waals surface area (Å²) in [4.78, 5) is 16.4. The Kier molecular flexibility index (Phi) is 2.96. The summed E-state index contributed by atoms with van der Waals surface area (Å²) >= 11 is 5.88. The molecule has 1 unspecified atom stereocenters. The highest BCUT2D eigenvalue weighted by Crippen LogP contribution is 2.31. The number of nitrogens with two attached hydrogens (primary N) is 1. The van der Waals surface area contributed by atoms with Crippen molar-refractivity contribution in [3.63, 3.8) is 0 Å². The van der Waals surface area contributed by atoms with Crippen LogP contribution in [-0.2, 0) is 4.79 Å². The average molecular weight is 244 g/mol. The third kappa shape index (κ3) is 1.95. The van der Waals surface area contributed by atoms with Gasteiger partial charge in [-0.1, -0.05) is 11.6 Å². The number of pyridine rings is 1. The molecule has 1 aliphatic heterocycles. The lowest BCUT2D eigenvalue weighted by Crippen LogP contribution is -2.27. The summed E-state index contributed by atoms with van der Waals surface area (Å²) in [6.07, 6.45) is 3.13. The van der Waals surface area contributed by atoms with Gasteiger partial charge in [0.05, 0.1) is 22.8 Å². The first-order chi connectivity index (χ1) is 7.59. The summed E-state index contributed by atoms with van der Waals surface area (Å²) in [5.41, 5.74) is 5.52. The quantitative estimate of drug-likeness (QED) is 0.849. The van der Waals surface area contributed by atoms with Crippen LogP contribution in [0.2, 0.25) is 5.02 Å². The van der Waals surface area contributed by atoms with Gasteiger partial charge in [-0.05, 0) is 6.42 Å². The second kappa shape index (κ2) is 4.25. The standard InChI is InChI=1S/C10H11ClFN3O/c11-7-3-14-4-8(12)9(7)15-2-1-6(5-15)10(13)16/h3-4,6H,1-2,5H2,(H2,13,16). The van der Waals surface area contributed by atoms with Crippen LogP contribution in [0.1, 0.15) is 6.42 Å². The molecule has 0 aromatic carbocycles. The van der Waals surface area contributed by atoms with Gasteiger partial charge in [0, 0.05) is 19.3 Å². The lowest BCUT2D eigenvalue weighted by molar-refractivity contribution is -0.121. The van der Waals surface area contributed by atoms with E-state index < -0.39 is 5.82 Å². The minimum atomic E-state index is -0.474. The maximum Gasteiger partial charge on any atom is 0.222 e. The highest BCUT2D eigenvalue weighted by molar-refractivity contribution is 6.33. The second-order valence-corrected chi connectivity index (χ2v) is 4.19. The number of nitrogens with zero attached hydrogens (tertiary/aromatic N) is 2. The Labute approximate surface area is 97.2 Å². The number of aromatic nitrogens is 1. The van der Waals surface area contributed by atoms with Crippen molar-refractivity contribution in [2.24, 2.45) is 11.7 Å². The molecular formula is C10H11ClFN3O. The molecule has 1 atom stereocenters. The molecule has 0 aliphatic carbocycles. The van der Waals surface area contributed by atoms with Gasteiger partial charge in [-0.25, -0.2) is 4.39 Å². The number of primary amides is 1. The van der Waals surface area contributed by atoms with Crippen molar-refractivity contribution < 1.29 is 9.18 Å². The molecule has 0 radical (unpaired) electrons. The van der Waals surface area contributed by atoms with Crippen molar-refractivity contribution in [2.45, 2.75) is 6.42 Å². The molecule has 0 saturated carbocycles. The Bertz CT molecular complexity index is 406. The molecule has 2 heterocycles. The number of halogens is 2. The fourth-order valence-electron chi connectivity index (χ4n) is 1.90. The molecule has 0 spiro atoms. The molecule has 16 heavy (non-hydrogen) atoms. The van der Waals surface area contributed by atoms with Crippen molar-refractivity contribution in [1.29, 1.82) is 0 Å². The predicted octanol–water partition coefficient (Wildman–Crippen LogP) is 1.19. The number of amides is 1. The van der Waals surface area contributed by atoms with E-state index >= 15 is 0 Å². The maximum absolute atomic E-state index is 13.5. The van der Waals surface area contributed by atoms with Crippen molar-refractivity contribution >= 4 is 23.2 Å². The van der Waals surface area contributed by atoms with E-state index in [-0.39, 0.29) is 16.8 Å². The van der Waals surface area contributed by atoms with Crippen LogP contribution < -0.4 is 10.6 Å². The van der Waals surface area contributed by atoms with Gasteiger partial charge in [-0.3, -0.25) is 9.78 Å². The van der Waals surface area contributed by atoms with Crippen LogP contribution in [0.4, 0.5) is 10.1 Å². The lowest BCUT2D eigenvalue weighted by atomic mass is 10.1. The minimum absolute atomic E-state index is 0.233. The third-order valence-corrected chi connectivity index (χ3v) is 3.01. The van der Waals surface area contributed by atoms with Gasteiger partial charge in [-0.15, -0.1) is 0 Å². The molecule has 2 rings (SSSR count). The molecule has 6 heteroatoms. The van der Waals surface area contributed by atoms with Crippen molar-refractivity contribution in [2.75, 3.05) is 18.0 Å². The molecule has 1 saturated heterocycles. The normalized spacial score (nSPS) is 20.1. The number of carbonyl (C=O) groups excluding carboxylic acids is 1. The van der Waals surface area contributed by atoms with Gasteiger partial charge in [0.2, 0.25) is 5.91 Å². The number of rotatable bonds is 2. The zero-order chi connectivity index (χ0) is 11.7. The monoisotopic (exact) mass is 243 g/mol. The Morgan fingerprint density at radius 2 is 2.38 bits per heavy atom. The van der Waals surface area contributed by atoms with Crippen molar-refractivity contribution in [3.05, 3.63) is 23.2 Å². The summed E-state index contributed by atoms with van der Waals surface area (Å²) in [6.45, 7) is 0.990. The fourth-order valence-corrected chi connectivity index (χ4v) is 2.17. The van der Waals surface area contributed by atoms with E-state index in [4.69, 9.17) is 17.3 Å². The highest BCUT2D eigenvalue weighted by atomic mass is 35.5. The first-order valence-electron chi connectivity index (χ1n) is 4.93. The van der Waals surface area contributed by atoms with Gasteiger partial charge in [0.25, 0.3) is 0 Å². The van der Waals surface area contributed by atoms with E-state index in [2.05, 4.69) is 4.98 Å². The Balaban J connectivity index is 2.24. The Morgan fingerprint density at radius 1 is 1.62 bits per heavy atom. The van der Waals surface area contributed by atoms with Gasteiger partial charge in [-0.2, -0.15) is 0 Å². The summed E-state index contributed by atoms with van der Waals surface area (Å²) in [7, 11) is 0. The van der Waals surface area contributed by atoms with Crippen LogP contribution in [0, 0.1) is 11.7 Å². The number of hydrogen-bond acceptors (Lipinski definition) is 3. The van der Waals surface area contributed by atoms with Gasteiger partial charge in [0.15, 0.2) is 5.82 Å². The smallest absolute Gasteiger partial charge is 0.222 e. The van der Waals surface area contributed by atoms with Gasteiger partial charge < -0.3 is 10.6 Å². The van der Waals surface area contributed by atoms with Crippen LogP contribution in [0.15, 0.2) is 12.4 Å². The number of anilines is 1. The molecule has 86 valence electrons. The second-order valence-electron chi connectivity index (χ2n) is 3.79. The Morgan fingerprint density at radius 3 is 2.94 bits per heavy atom. The van der Waals surface area contributed by atoms with Crippen LogP contribution in [-0.4, -0.2) is 24.0 Å². The zero-order valence-corrected chi connectivity index (χ0v) is 9.25. The summed E-state index contributed by atoms with van der Waals surface area (Å²) < 4.78 is 13.5. The Hall–Kier alpha value is -1.36. The molecule has 0 bridgehead atoms. The first-order valence-corrected chi connectivity index (χ1v) is 5.30. The van der Waals surface area contributed by atoms with E-state index in [1.165, 1.54) is 6.20 Å². The highest BCUT2D eigenvalue weighted by Gasteiger charge is 2.29. The molecule has 1 fully saturated rings. The molecule has 1 aromatic heterocycles. The molecule has 4 nitrogen and oxygen atoms in total. The zero-order valence-electron chi connectivity index (χ0n) is 8.49. The summed E-state index contributed by atoms with van der Waals surface area (Å²) in [6, 6.07) is 0. The maximum atomic E-state index is 13.5. The number of hydrogen-bond donors (Lipinski definition) is 1. The largest absolute Gasteiger partial charge is 0.369 e. The molecule has 1 aliphatic rings. The lowest BCUT2D eigenvalue weighted by Gasteiger charge is -2.19. The van der Waals surface area contributed by atoms with E-state index in [9.17, 15) is 9.18 Å². The van der Waals surface area contributed by atoms with E-state index in [0.29, 0.717) is 25.2 Å². The summed E-state index contributed by atoms with van der Waals surface area (Å²) in [5, 5.41) is 0.255. The van der Waals surface area contributed by atoms with Crippen LogP contribution >= 0.6 is 11.6 Å². The van der Waals surface area contributed by atoms with Crippen LogP contribution in [0.5, 0.6) is 0 Å².